The average molecular weight is 199 g/mol. The lowest BCUT2D eigenvalue weighted by Gasteiger charge is -2.23. The molecule has 0 radical (unpaired) electrons. The van der Waals surface area contributed by atoms with Crippen molar-refractivity contribution in [1.29, 1.82) is 0 Å². The molecule has 76 valence electrons. The highest BCUT2D eigenvalue weighted by atomic mass is 19.3. The number of nitrogens with zero attached hydrogens (tertiary/aromatic N) is 1. The molecule has 0 aromatic rings. The highest BCUT2D eigenvalue weighted by molar-refractivity contribution is 6.32. The molecule has 0 aliphatic carbocycles. The Kier molecular flexibility index (Phi) is 3.17. The fourth-order valence-electron chi connectivity index (χ4n) is 1.10. The summed E-state index contributed by atoms with van der Waals surface area (Å²) in [5.74, 6) is 0. The minimum Gasteiger partial charge on any atom is -0.402 e. The molecule has 1 aliphatic rings. The van der Waals surface area contributed by atoms with Crippen LogP contribution in [0, 0.1) is 0 Å². The minimum atomic E-state index is -3.57. The zero-order chi connectivity index (χ0) is 10.1. The van der Waals surface area contributed by atoms with E-state index in [4.69, 9.17) is 10.0 Å². The molecule has 1 fully saturated rings. The van der Waals surface area contributed by atoms with Crippen LogP contribution < -0.4 is 0 Å². The van der Waals surface area contributed by atoms with Crippen molar-refractivity contribution in [3.63, 3.8) is 0 Å². The zero-order valence-corrected chi connectivity index (χ0v) is 6.66. The van der Waals surface area contributed by atoms with Gasteiger partial charge in [-0.2, -0.15) is 8.78 Å². The van der Waals surface area contributed by atoms with Gasteiger partial charge in [0, 0.05) is 6.54 Å². The molecule has 0 aromatic carbocycles. The first kappa shape index (κ1) is 10.8. The smallest absolute Gasteiger partial charge is 0.402 e. The largest absolute Gasteiger partial charge is 0.634 e. The van der Waals surface area contributed by atoms with Crippen LogP contribution in [0.3, 0.4) is 0 Å². The first-order valence-corrected chi connectivity index (χ1v) is 3.69. The van der Waals surface area contributed by atoms with Gasteiger partial charge in [-0.1, -0.05) is 0 Å². The maximum absolute atomic E-state index is 12.8. The van der Waals surface area contributed by atoms with E-state index in [1.807, 2.05) is 0 Å². The van der Waals surface area contributed by atoms with Crippen LogP contribution in [0.4, 0.5) is 13.2 Å². The number of likely N-dealkylation sites (tertiary alicyclic amines) is 1. The van der Waals surface area contributed by atoms with E-state index in [1.54, 1.807) is 0 Å². The third-order valence-corrected chi connectivity index (χ3v) is 1.83. The summed E-state index contributed by atoms with van der Waals surface area (Å²) in [6, 6.07) is -3.57. The van der Waals surface area contributed by atoms with Gasteiger partial charge in [0.25, 0.3) is 0 Å². The molecule has 0 aromatic heterocycles. The third kappa shape index (κ3) is 2.34. The molecule has 1 unspecified atom stereocenters. The second-order valence-corrected chi connectivity index (χ2v) is 2.73. The van der Waals surface area contributed by atoms with Gasteiger partial charge in [-0.05, 0) is 6.42 Å². The summed E-state index contributed by atoms with van der Waals surface area (Å²) >= 11 is 0. The van der Waals surface area contributed by atoms with Crippen molar-refractivity contribution < 1.29 is 27.9 Å². The summed E-state index contributed by atoms with van der Waals surface area (Å²) in [7, 11) is -2.12. The van der Waals surface area contributed by atoms with Gasteiger partial charge in [0.2, 0.25) is 0 Å². The van der Waals surface area contributed by atoms with Crippen LogP contribution in [0.5, 0.6) is 0 Å². The molecule has 0 bridgehead atoms. The fourth-order valence-corrected chi connectivity index (χ4v) is 1.10. The van der Waals surface area contributed by atoms with Crippen LogP contribution in [0.15, 0.2) is 0 Å². The van der Waals surface area contributed by atoms with Crippen molar-refractivity contribution in [2.45, 2.75) is 18.6 Å². The van der Waals surface area contributed by atoms with E-state index in [2.05, 4.69) is 4.65 Å². The Labute approximate surface area is 73.1 Å². The maximum Gasteiger partial charge on any atom is 0.634 e. The van der Waals surface area contributed by atoms with Crippen molar-refractivity contribution in [3.8, 4) is 0 Å². The molecular weight excluding hydrogens is 190 g/mol. The SMILES string of the molecule is OB(O)OCN1CCC(F)C1(F)F. The highest BCUT2D eigenvalue weighted by Gasteiger charge is 2.51. The Morgan fingerprint density at radius 2 is 2.15 bits per heavy atom. The van der Waals surface area contributed by atoms with Crippen molar-refractivity contribution in [2.75, 3.05) is 13.3 Å². The van der Waals surface area contributed by atoms with Crippen LogP contribution in [-0.4, -0.2) is 47.8 Å². The van der Waals surface area contributed by atoms with Crippen LogP contribution in [0.25, 0.3) is 0 Å². The number of hydrogen-bond donors (Lipinski definition) is 2. The Morgan fingerprint density at radius 1 is 1.54 bits per heavy atom. The molecule has 4 nitrogen and oxygen atoms in total. The van der Waals surface area contributed by atoms with Gasteiger partial charge in [-0.15, -0.1) is 0 Å². The van der Waals surface area contributed by atoms with E-state index in [0.717, 1.165) is 0 Å². The molecule has 1 aliphatic heterocycles. The number of halogens is 3. The lowest BCUT2D eigenvalue weighted by atomic mass is 10.3. The second-order valence-electron chi connectivity index (χ2n) is 2.73. The predicted molar refractivity (Wildman–Crippen MR) is 37.3 cm³/mol. The molecule has 1 rings (SSSR count). The molecule has 0 spiro atoms. The zero-order valence-electron chi connectivity index (χ0n) is 6.66. The molecule has 8 heteroatoms. The first-order valence-electron chi connectivity index (χ1n) is 3.69. The molecule has 1 saturated heterocycles. The lowest BCUT2D eigenvalue weighted by Crippen LogP contribution is -2.43. The van der Waals surface area contributed by atoms with Gasteiger partial charge in [-0.3, -0.25) is 0 Å². The van der Waals surface area contributed by atoms with Gasteiger partial charge in [0.1, 0.15) is 0 Å². The normalized spacial score (nSPS) is 27.9. The Morgan fingerprint density at radius 3 is 2.54 bits per heavy atom. The summed E-state index contributed by atoms with van der Waals surface area (Å²) in [4.78, 5) is 0.414. The van der Waals surface area contributed by atoms with Crippen molar-refractivity contribution in [3.05, 3.63) is 0 Å². The van der Waals surface area contributed by atoms with Gasteiger partial charge in [0.05, 0.1) is 6.73 Å². The van der Waals surface area contributed by atoms with Crippen LogP contribution >= 0.6 is 0 Å². The Bertz CT molecular complexity index is 182. The minimum absolute atomic E-state index is 0.166. The summed E-state index contributed by atoms with van der Waals surface area (Å²) in [6.07, 6.45) is -2.50. The quantitative estimate of drug-likeness (QED) is 0.478. The first-order chi connectivity index (χ1) is 5.94. The molecule has 0 saturated carbocycles. The second kappa shape index (κ2) is 3.83. The van der Waals surface area contributed by atoms with Gasteiger partial charge < -0.3 is 14.7 Å². The third-order valence-electron chi connectivity index (χ3n) is 1.83. The number of hydrogen-bond acceptors (Lipinski definition) is 4. The van der Waals surface area contributed by atoms with E-state index in [9.17, 15) is 13.2 Å². The van der Waals surface area contributed by atoms with E-state index in [-0.39, 0.29) is 13.0 Å². The summed E-state index contributed by atoms with van der Waals surface area (Å²) in [5.41, 5.74) is 0. The van der Waals surface area contributed by atoms with Gasteiger partial charge in [0.15, 0.2) is 6.17 Å². The average Bonchev–Trinajstić information content (AvgIpc) is 2.25. The summed E-state index contributed by atoms with van der Waals surface area (Å²) < 4.78 is 42.1. The Balaban J connectivity index is 2.43. The monoisotopic (exact) mass is 199 g/mol. The highest BCUT2D eigenvalue weighted by Crippen LogP contribution is 2.34. The molecule has 2 N–H and O–H groups in total. The predicted octanol–water partition coefficient (Wildman–Crippen LogP) is -0.433. The lowest BCUT2D eigenvalue weighted by molar-refractivity contribution is -0.175. The van der Waals surface area contributed by atoms with E-state index in [0.29, 0.717) is 4.90 Å². The maximum atomic E-state index is 12.8. The molecular formula is C5H9BF3NO3. The summed E-state index contributed by atoms with van der Waals surface area (Å²) in [6.45, 7) is -0.869. The summed E-state index contributed by atoms with van der Waals surface area (Å²) in [5, 5.41) is 16.4. The molecule has 1 heterocycles. The topological polar surface area (TPSA) is 52.9 Å². The van der Waals surface area contributed by atoms with E-state index < -0.39 is 26.3 Å². The van der Waals surface area contributed by atoms with Crippen LogP contribution in [-0.2, 0) is 4.65 Å². The standard InChI is InChI=1S/C5H9BF3NO3/c7-4-1-2-10(5(4,8)9)3-13-6(11)12/h4,11-12H,1-3H2. The van der Waals surface area contributed by atoms with Gasteiger partial charge in [-0.25, -0.2) is 9.29 Å². The molecule has 0 amide bonds. The Hall–Kier alpha value is -0.305. The van der Waals surface area contributed by atoms with E-state index in [1.165, 1.54) is 0 Å². The fraction of sp³-hybridized carbons (Fsp3) is 1.00. The van der Waals surface area contributed by atoms with Crippen molar-refractivity contribution >= 4 is 7.32 Å². The molecule has 13 heavy (non-hydrogen) atoms. The van der Waals surface area contributed by atoms with Crippen molar-refractivity contribution in [2.24, 2.45) is 0 Å². The van der Waals surface area contributed by atoms with Crippen LogP contribution in [0.2, 0.25) is 0 Å². The van der Waals surface area contributed by atoms with Crippen molar-refractivity contribution in [1.82, 2.24) is 4.90 Å². The number of alkyl halides is 3. The van der Waals surface area contributed by atoms with Gasteiger partial charge >= 0.3 is 13.4 Å². The van der Waals surface area contributed by atoms with Crippen LogP contribution in [0.1, 0.15) is 6.42 Å². The van der Waals surface area contributed by atoms with E-state index >= 15 is 0 Å². The molecule has 1 atom stereocenters. The number of rotatable bonds is 3.